The van der Waals surface area contributed by atoms with Crippen LogP contribution in [0.5, 0.6) is 0 Å². The standard InChI is InChI=1S/C10H18N2O.ClH/c11-8-5-7(6-8)10(13)12-9-3-1-2-4-9;/h7-9H,1-6,11H2,(H,12,13);1H. The summed E-state index contributed by atoms with van der Waals surface area (Å²) in [6, 6.07) is 0.739. The first kappa shape index (κ1) is 11.8. The molecule has 2 saturated carbocycles. The van der Waals surface area contributed by atoms with Gasteiger partial charge in [-0.3, -0.25) is 4.79 Å². The van der Waals surface area contributed by atoms with Crippen molar-refractivity contribution in [2.24, 2.45) is 11.7 Å². The van der Waals surface area contributed by atoms with E-state index in [2.05, 4.69) is 5.32 Å². The van der Waals surface area contributed by atoms with Crippen molar-refractivity contribution in [2.75, 3.05) is 0 Å². The molecule has 14 heavy (non-hydrogen) atoms. The number of hydrogen-bond donors (Lipinski definition) is 2. The van der Waals surface area contributed by atoms with Gasteiger partial charge in [-0.1, -0.05) is 12.8 Å². The molecular weight excluding hydrogens is 200 g/mol. The highest BCUT2D eigenvalue weighted by Crippen LogP contribution is 2.26. The Labute approximate surface area is 91.2 Å². The summed E-state index contributed by atoms with van der Waals surface area (Å²) in [5, 5.41) is 3.11. The number of carbonyl (C=O) groups excluding carboxylic acids is 1. The van der Waals surface area contributed by atoms with Crippen LogP contribution in [0.3, 0.4) is 0 Å². The van der Waals surface area contributed by atoms with E-state index in [1.54, 1.807) is 0 Å². The third-order valence-electron chi connectivity index (χ3n) is 3.25. The van der Waals surface area contributed by atoms with Crippen molar-refractivity contribution in [1.29, 1.82) is 0 Å². The van der Waals surface area contributed by atoms with Crippen LogP contribution in [0.1, 0.15) is 38.5 Å². The second kappa shape index (κ2) is 4.99. The highest BCUT2D eigenvalue weighted by molar-refractivity contribution is 5.85. The number of nitrogens with one attached hydrogen (secondary N) is 1. The van der Waals surface area contributed by atoms with Crippen molar-refractivity contribution in [1.82, 2.24) is 5.32 Å². The van der Waals surface area contributed by atoms with Crippen LogP contribution in [0.4, 0.5) is 0 Å². The SMILES string of the molecule is Cl.NC1CC(C(=O)NC2CCCC2)C1. The molecule has 0 aliphatic heterocycles. The summed E-state index contributed by atoms with van der Waals surface area (Å²) < 4.78 is 0. The topological polar surface area (TPSA) is 55.1 Å². The van der Waals surface area contributed by atoms with Crippen LogP contribution < -0.4 is 11.1 Å². The maximum Gasteiger partial charge on any atom is 0.223 e. The molecular formula is C10H19ClN2O. The second-order valence-electron chi connectivity index (χ2n) is 4.42. The molecule has 0 spiro atoms. The highest BCUT2D eigenvalue weighted by atomic mass is 35.5. The van der Waals surface area contributed by atoms with Gasteiger partial charge in [0.05, 0.1) is 0 Å². The predicted octanol–water partition coefficient (Wildman–Crippen LogP) is 1.20. The van der Waals surface area contributed by atoms with E-state index in [1.165, 1.54) is 25.7 Å². The van der Waals surface area contributed by atoms with Crippen LogP contribution in [0.25, 0.3) is 0 Å². The average Bonchev–Trinajstić information content (AvgIpc) is 2.51. The molecule has 0 aromatic carbocycles. The number of rotatable bonds is 2. The minimum atomic E-state index is 0. The fraction of sp³-hybridized carbons (Fsp3) is 0.900. The molecule has 82 valence electrons. The van der Waals surface area contributed by atoms with Crippen molar-refractivity contribution >= 4 is 18.3 Å². The largest absolute Gasteiger partial charge is 0.353 e. The number of amides is 1. The van der Waals surface area contributed by atoms with Gasteiger partial charge in [-0.05, 0) is 25.7 Å². The van der Waals surface area contributed by atoms with Gasteiger partial charge in [-0.15, -0.1) is 12.4 Å². The predicted molar refractivity (Wildman–Crippen MR) is 58.3 cm³/mol. The van der Waals surface area contributed by atoms with Crippen molar-refractivity contribution in [3.63, 3.8) is 0 Å². The summed E-state index contributed by atoms with van der Waals surface area (Å²) in [6.45, 7) is 0. The highest BCUT2D eigenvalue weighted by Gasteiger charge is 2.33. The van der Waals surface area contributed by atoms with Crippen LogP contribution in [-0.2, 0) is 4.79 Å². The Bertz CT molecular complexity index is 198. The lowest BCUT2D eigenvalue weighted by molar-refractivity contribution is -0.128. The molecule has 2 aliphatic carbocycles. The first-order chi connectivity index (χ1) is 6.25. The lowest BCUT2D eigenvalue weighted by Gasteiger charge is -2.32. The first-order valence-corrected chi connectivity index (χ1v) is 5.31. The smallest absolute Gasteiger partial charge is 0.223 e. The van der Waals surface area contributed by atoms with Crippen LogP contribution in [0.2, 0.25) is 0 Å². The fourth-order valence-corrected chi connectivity index (χ4v) is 2.27. The Morgan fingerprint density at radius 3 is 2.29 bits per heavy atom. The van der Waals surface area contributed by atoms with Gasteiger partial charge in [-0.25, -0.2) is 0 Å². The van der Waals surface area contributed by atoms with Crippen LogP contribution >= 0.6 is 12.4 Å². The summed E-state index contributed by atoms with van der Waals surface area (Å²) in [7, 11) is 0. The second-order valence-corrected chi connectivity index (χ2v) is 4.42. The van der Waals surface area contributed by atoms with E-state index in [9.17, 15) is 4.79 Å². The Balaban J connectivity index is 0.000000980. The Kier molecular flexibility index (Phi) is 4.20. The van der Waals surface area contributed by atoms with Gasteiger partial charge in [0.1, 0.15) is 0 Å². The van der Waals surface area contributed by atoms with E-state index in [0.29, 0.717) is 6.04 Å². The summed E-state index contributed by atoms with van der Waals surface area (Å²) in [6.07, 6.45) is 6.66. The Morgan fingerprint density at radius 1 is 1.21 bits per heavy atom. The van der Waals surface area contributed by atoms with E-state index in [-0.39, 0.29) is 30.3 Å². The third kappa shape index (κ3) is 2.61. The summed E-state index contributed by atoms with van der Waals surface area (Å²) >= 11 is 0. The van der Waals surface area contributed by atoms with Crippen LogP contribution in [0, 0.1) is 5.92 Å². The number of carbonyl (C=O) groups is 1. The molecule has 3 nitrogen and oxygen atoms in total. The van der Waals surface area contributed by atoms with E-state index in [0.717, 1.165) is 12.8 Å². The molecule has 0 unspecified atom stereocenters. The fourth-order valence-electron chi connectivity index (χ4n) is 2.27. The van der Waals surface area contributed by atoms with E-state index in [4.69, 9.17) is 5.73 Å². The minimum absolute atomic E-state index is 0. The lowest BCUT2D eigenvalue weighted by atomic mass is 9.80. The average molecular weight is 219 g/mol. The van der Waals surface area contributed by atoms with E-state index >= 15 is 0 Å². The molecule has 0 aromatic rings. The van der Waals surface area contributed by atoms with Crippen molar-refractivity contribution in [3.05, 3.63) is 0 Å². The van der Waals surface area contributed by atoms with Gasteiger partial charge in [0.15, 0.2) is 0 Å². The van der Waals surface area contributed by atoms with Crippen molar-refractivity contribution in [3.8, 4) is 0 Å². The van der Waals surface area contributed by atoms with Gasteiger partial charge < -0.3 is 11.1 Å². The van der Waals surface area contributed by atoms with E-state index in [1.807, 2.05) is 0 Å². The number of nitrogens with two attached hydrogens (primary N) is 1. The van der Waals surface area contributed by atoms with Crippen LogP contribution in [-0.4, -0.2) is 18.0 Å². The van der Waals surface area contributed by atoms with Gasteiger partial charge in [0, 0.05) is 18.0 Å². The monoisotopic (exact) mass is 218 g/mol. The molecule has 0 atom stereocenters. The first-order valence-electron chi connectivity index (χ1n) is 5.31. The zero-order valence-corrected chi connectivity index (χ0v) is 9.19. The molecule has 0 radical (unpaired) electrons. The molecule has 3 N–H and O–H groups in total. The normalized spacial score (nSPS) is 31.8. The zero-order valence-electron chi connectivity index (χ0n) is 8.37. The third-order valence-corrected chi connectivity index (χ3v) is 3.25. The summed E-state index contributed by atoms with van der Waals surface area (Å²) in [4.78, 5) is 11.6. The summed E-state index contributed by atoms with van der Waals surface area (Å²) in [5.41, 5.74) is 5.63. The number of halogens is 1. The molecule has 0 heterocycles. The molecule has 0 bridgehead atoms. The van der Waals surface area contributed by atoms with Crippen molar-refractivity contribution < 1.29 is 4.79 Å². The zero-order chi connectivity index (χ0) is 9.26. The maximum atomic E-state index is 11.6. The maximum absolute atomic E-state index is 11.6. The number of hydrogen-bond acceptors (Lipinski definition) is 2. The molecule has 0 saturated heterocycles. The quantitative estimate of drug-likeness (QED) is 0.732. The molecule has 1 amide bonds. The summed E-state index contributed by atoms with van der Waals surface area (Å²) in [5.74, 6) is 0.462. The Hall–Kier alpha value is -0.280. The van der Waals surface area contributed by atoms with Crippen LogP contribution in [0.15, 0.2) is 0 Å². The molecule has 2 aliphatic rings. The lowest BCUT2D eigenvalue weighted by Crippen LogP contribution is -2.47. The van der Waals surface area contributed by atoms with Gasteiger partial charge >= 0.3 is 0 Å². The van der Waals surface area contributed by atoms with Gasteiger partial charge in [0.2, 0.25) is 5.91 Å². The van der Waals surface area contributed by atoms with Gasteiger partial charge in [0.25, 0.3) is 0 Å². The van der Waals surface area contributed by atoms with E-state index < -0.39 is 0 Å². The minimum Gasteiger partial charge on any atom is -0.353 e. The van der Waals surface area contributed by atoms with Gasteiger partial charge in [-0.2, -0.15) is 0 Å². The molecule has 4 heteroatoms. The molecule has 0 aromatic heterocycles. The van der Waals surface area contributed by atoms with Crippen molar-refractivity contribution in [2.45, 2.75) is 50.6 Å². The molecule has 2 fully saturated rings. The molecule has 2 rings (SSSR count). The Morgan fingerprint density at radius 2 is 1.79 bits per heavy atom.